The van der Waals surface area contributed by atoms with E-state index in [1.54, 1.807) is 0 Å². The molecule has 6 rings (SSSR count). The highest BCUT2D eigenvalue weighted by Crippen LogP contribution is 2.54. The topological polar surface area (TPSA) is 51.3 Å². The number of nitrogens with one attached hydrogen (secondary N) is 1. The maximum Gasteiger partial charge on any atom is 0.256 e. The largest absolute Gasteiger partial charge is 0.493 e. The number of para-hydroxylation sites is 1. The number of hydrogen-bond donors (Lipinski definition) is 1. The molecule has 4 aromatic rings. The van der Waals surface area contributed by atoms with E-state index in [0.717, 1.165) is 33.0 Å². The lowest BCUT2D eigenvalue weighted by atomic mass is 9.69. The van der Waals surface area contributed by atoms with Crippen molar-refractivity contribution in [2.75, 3.05) is 6.61 Å². The molecule has 0 saturated heterocycles. The fourth-order valence-corrected chi connectivity index (χ4v) is 5.11. The molecule has 2 aliphatic heterocycles. The molecule has 1 N–H and O–H groups in total. The van der Waals surface area contributed by atoms with Crippen molar-refractivity contribution in [1.29, 1.82) is 0 Å². The van der Waals surface area contributed by atoms with Crippen LogP contribution in [0.5, 0.6) is 11.5 Å². The van der Waals surface area contributed by atoms with Crippen LogP contribution in [-0.4, -0.2) is 17.2 Å². The molecule has 0 aliphatic carbocycles. The van der Waals surface area contributed by atoms with Crippen molar-refractivity contribution in [2.24, 2.45) is 5.92 Å². The summed E-state index contributed by atoms with van der Waals surface area (Å²) in [6.45, 7) is 4.72. The average Bonchev–Trinajstić information content (AvgIpc) is 2.72. The van der Waals surface area contributed by atoms with Gasteiger partial charge < -0.3 is 14.5 Å². The number of aromatic amines is 1. The summed E-state index contributed by atoms with van der Waals surface area (Å²) in [5.74, 6) is 1.52. The third-order valence-electron chi connectivity index (χ3n) is 6.54. The standard InChI is InChI=1S/C25H21NO3/c1-25(2)17-13-28-19-12-11-14-7-3-4-8-15(14)20(19)21(17)22-23(29-25)16-9-5-6-10-18(16)26-24(22)27/h3-12,17,21H,13H2,1-2H3,(H,26,27). The zero-order chi connectivity index (χ0) is 19.8. The molecule has 0 fully saturated rings. The van der Waals surface area contributed by atoms with Crippen LogP contribution in [0.3, 0.4) is 0 Å². The minimum atomic E-state index is -0.469. The minimum absolute atomic E-state index is 0.0376. The van der Waals surface area contributed by atoms with Gasteiger partial charge in [-0.05, 0) is 42.8 Å². The molecule has 4 nitrogen and oxygen atoms in total. The number of aromatic nitrogens is 1. The zero-order valence-corrected chi connectivity index (χ0v) is 16.4. The Balaban J connectivity index is 1.76. The van der Waals surface area contributed by atoms with E-state index in [9.17, 15) is 4.79 Å². The van der Waals surface area contributed by atoms with Crippen LogP contribution in [-0.2, 0) is 0 Å². The van der Waals surface area contributed by atoms with Gasteiger partial charge in [0.15, 0.2) is 0 Å². The van der Waals surface area contributed by atoms with Crippen LogP contribution in [0.1, 0.15) is 30.9 Å². The Kier molecular flexibility index (Phi) is 3.24. The van der Waals surface area contributed by atoms with E-state index >= 15 is 0 Å². The van der Waals surface area contributed by atoms with Crippen molar-refractivity contribution in [3.05, 3.63) is 82.1 Å². The lowest BCUT2D eigenvalue weighted by molar-refractivity contribution is -0.0124. The fraction of sp³-hybridized carbons (Fsp3) is 0.240. The van der Waals surface area contributed by atoms with E-state index in [-0.39, 0.29) is 17.4 Å². The number of pyridine rings is 1. The van der Waals surface area contributed by atoms with E-state index in [4.69, 9.17) is 9.47 Å². The van der Waals surface area contributed by atoms with Crippen molar-refractivity contribution in [1.82, 2.24) is 4.98 Å². The molecule has 3 heterocycles. The smallest absolute Gasteiger partial charge is 0.256 e. The number of fused-ring (bicyclic) bond motifs is 9. The summed E-state index contributed by atoms with van der Waals surface area (Å²) >= 11 is 0. The Morgan fingerprint density at radius 2 is 1.69 bits per heavy atom. The second kappa shape index (κ2) is 5.63. The Labute approximate surface area is 168 Å². The van der Waals surface area contributed by atoms with Gasteiger partial charge in [0.2, 0.25) is 0 Å². The Hall–Kier alpha value is -3.27. The molecule has 3 aromatic carbocycles. The van der Waals surface area contributed by atoms with Crippen molar-refractivity contribution >= 4 is 21.7 Å². The van der Waals surface area contributed by atoms with Crippen molar-refractivity contribution in [3.8, 4) is 11.5 Å². The zero-order valence-electron chi connectivity index (χ0n) is 16.4. The summed E-state index contributed by atoms with van der Waals surface area (Å²) < 4.78 is 12.7. The monoisotopic (exact) mass is 383 g/mol. The van der Waals surface area contributed by atoms with Crippen molar-refractivity contribution in [3.63, 3.8) is 0 Å². The molecule has 0 saturated carbocycles. The predicted molar refractivity (Wildman–Crippen MR) is 114 cm³/mol. The summed E-state index contributed by atoms with van der Waals surface area (Å²) in [7, 11) is 0. The van der Waals surface area contributed by atoms with Crippen LogP contribution in [0.15, 0.2) is 65.5 Å². The molecule has 2 unspecified atom stereocenters. The number of ether oxygens (including phenoxy) is 2. The summed E-state index contributed by atoms with van der Waals surface area (Å²) in [6, 6.07) is 20.3. The molecule has 144 valence electrons. The summed E-state index contributed by atoms with van der Waals surface area (Å²) in [4.78, 5) is 16.4. The van der Waals surface area contributed by atoms with Gasteiger partial charge >= 0.3 is 0 Å². The summed E-state index contributed by atoms with van der Waals surface area (Å²) in [5, 5.41) is 3.23. The van der Waals surface area contributed by atoms with Gasteiger partial charge in [0, 0.05) is 22.8 Å². The molecule has 2 aliphatic rings. The fourth-order valence-electron chi connectivity index (χ4n) is 5.11. The normalized spacial score (nSPS) is 21.6. The Bertz CT molecular complexity index is 1350. The molecule has 0 bridgehead atoms. The number of H-pyrrole nitrogens is 1. The number of benzene rings is 3. The van der Waals surface area contributed by atoms with Gasteiger partial charge in [-0.3, -0.25) is 4.79 Å². The van der Waals surface area contributed by atoms with Crippen molar-refractivity contribution in [2.45, 2.75) is 25.4 Å². The first-order chi connectivity index (χ1) is 14.0. The minimum Gasteiger partial charge on any atom is -0.493 e. The molecule has 29 heavy (non-hydrogen) atoms. The van der Waals surface area contributed by atoms with Crippen LogP contribution in [0, 0.1) is 5.92 Å². The number of hydrogen-bond acceptors (Lipinski definition) is 3. The second-order valence-corrected chi connectivity index (χ2v) is 8.54. The molecule has 0 spiro atoms. The van der Waals surface area contributed by atoms with Crippen LogP contribution >= 0.6 is 0 Å². The highest BCUT2D eigenvalue weighted by Gasteiger charge is 2.50. The highest BCUT2D eigenvalue weighted by molar-refractivity contribution is 5.91. The summed E-state index contributed by atoms with van der Waals surface area (Å²) in [6.07, 6.45) is 0. The van der Waals surface area contributed by atoms with Gasteiger partial charge in [-0.2, -0.15) is 0 Å². The number of rotatable bonds is 0. The van der Waals surface area contributed by atoms with E-state index in [1.165, 1.54) is 0 Å². The first-order valence-electron chi connectivity index (χ1n) is 10.0. The highest BCUT2D eigenvalue weighted by atomic mass is 16.5. The molecule has 0 radical (unpaired) electrons. The first-order valence-corrected chi connectivity index (χ1v) is 10.0. The van der Waals surface area contributed by atoms with Gasteiger partial charge in [-0.25, -0.2) is 0 Å². The molecule has 4 heteroatoms. The molecular formula is C25H21NO3. The SMILES string of the molecule is CC1(C)Oc2c(c(=O)[nH]c3ccccc23)C2c3c(ccc4ccccc34)OCC21. The molecular weight excluding hydrogens is 362 g/mol. The lowest BCUT2D eigenvalue weighted by Crippen LogP contribution is -2.50. The van der Waals surface area contributed by atoms with Gasteiger partial charge in [0.05, 0.1) is 17.7 Å². The van der Waals surface area contributed by atoms with E-state index in [1.807, 2.05) is 42.5 Å². The van der Waals surface area contributed by atoms with E-state index in [0.29, 0.717) is 17.9 Å². The van der Waals surface area contributed by atoms with Crippen molar-refractivity contribution < 1.29 is 9.47 Å². The maximum atomic E-state index is 13.3. The molecule has 2 atom stereocenters. The lowest BCUT2D eigenvalue weighted by Gasteiger charge is -2.47. The van der Waals surface area contributed by atoms with Crippen LogP contribution in [0.4, 0.5) is 0 Å². The average molecular weight is 383 g/mol. The Morgan fingerprint density at radius 1 is 0.931 bits per heavy atom. The second-order valence-electron chi connectivity index (χ2n) is 8.54. The third kappa shape index (κ3) is 2.23. The molecule has 1 aromatic heterocycles. The van der Waals surface area contributed by atoms with Gasteiger partial charge in [0.1, 0.15) is 17.1 Å². The quantitative estimate of drug-likeness (QED) is 0.465. The third-order valence-corrected chi connectivity index (χ3v) is 6.54. The summed E-state index contributed by atoms with van der Waals surface area (Å²) in [5.41, 5.74) is 2.07. The van der Waals surface area contributed by atoms with Gasteiger partial charge in [-0.1, -0.05) is 42.5 Å². The predicted octanol–water partition coefficient (Wildman–Crippen LogP) is 4.99. The van der Waals surface area contributed by atoms with Gasteiger partial charge in [-0.15, -0.1) is 0 Å². The molecule has 0 amide bonds. The first kappa shape index (κ1) is 16.7. The van der Waals surface area contributed by atoms with Crippen LogP contribution in [0.2, 0.25) is 0 Å². The maximum absolute atomic E-state index is 13.3. The van der Waals surface area contributed by atoms with Crippen LogP contribution in [0.25, 0.3) is 21.7 Å². The van der Waals surface area contributed by atoms with E-state index < -0.39 is 5.60 Å². The Morgan fingerprint density at radius 3 is 2.55 bits per heavy atom. The van der Waals surface area contributed by atoms with Crippen LogP contribution < -0.4 is 15.0 Å². The van der Waals surface area contributed by atoms with E-state index in [2.05, 4.69) is 37.0 Å². The van der Waals surface area contributed by atoms with Gasteiger partial charge in [0.25, 0.3) is 5.56 Å².